The van der Waals surface area contributed by atoms with Crippen LogP contribution in [0.3, 0.4) is 0 Å². The lowest BCUT2D eigenvalue weighted by molar-refractivity contribution is -0.143. The van der Waals surface area contributed by atoms with Gasteiger partial charge < -0.3 is 4.90 Å². The molecule has 0 spiro atoms. The maximum absolute atomic E-state index is 12.5. The molecule has 26 heavy (non-hydrogen) atoms. The molecule has 12 heteroatoms. The number of halogens is 4. The number of rotatable bonds is 5. The lowest BCUT2D eigenvalue weighted by Gasteiger charge is -2.36. The molecular formula is C14H17ClF3N7O. The monoisotopic (exact) mass is 391 g/mol. The summed E-state index contributed by atoms with van der Waals surface area (Å²) in [6, 6.07) is 0. The second-order valence-corrected chi connectivity index (χ2v) is 6.29. The van der Waals surface area contributed by atoms with Crippen molar-refractivity contribution in [1.29, 1.82) is 0 Å². The quantitative estimate of drug-likeness (QED) is 0.753. The number of anilines is 1. The average molecular weight is 392 g/mol. The highest BCUT2D eigenvalue weighted by atomic mass is 35.5. The first-order chi connectivity index (χ1) is 12.3. The van der Waals surface area contributed by atoms with Gasteiger partial charge in [-0.3, -0.25) is 14.4 Å². The number of alkyl halides is 3. The van der Waals surface area contributed by atoms with Crippen LogP contribution in [0.5, 0.6) is 0 Å². The summed E-state index contributed by atoms with van der Waals surface area (Å²) >= 11 is 6.01. The van der Waals surface area contributed by atoms with Gasteiger partial charge >= 0.3 is 6.18 Å². The van der Waals surface area contributed by atoms with Gasteiger partial charge in [-0.25, -0.2) is 4.68 Å². The van der Waals surface area contributed by atoms with E-state index in [2.05, 4.69) is 20.3 Å². The molecule has 142 valence electrons. The van der Waals surface area contributed by atoms with Crippen molar-refractivity contribution in [1.82, 2.24) is 29.7 Å². The number of hydrogen-bond donors (Lipinski definition) is 0. The molecule has 1 aliphatic rings. The molecule has 8 nitrogen and oxygen atoms in total. The van der Waals surface area contributed by atoms with E-state index in [-0.39, 0.29) is 5.02 Å². The SMILES string of the molecule is O=c1c(Cl)c(N2CCN(CCn3ccnn3)CC2)cnn1CC(F)(F)F. The van der Waals surface area contributed by atoms with Crippen LogP contribution in [0.1, 0.15) is 0 Å². The van der Waals surface area contributed by atoms with Crippen molar-refractivity contribution in [3.8, 4) is 0 Å². The van der Waals surface area contributed by atoms with Crippen molar-refractivity contribution in [2.45, 2.75) is 19.3 Å². The zero-order valence-electron chi connectivity index (χ0n) is 13.7. The molecule has 1 aliphatic heterocycles. The molecule has 1 saturated heterocycles. The van der Waals surface area contributed by atoms with Gasteiger partial charge in [-0.2, -0.15) is 18.3 Å². The molecule has 3 rings (SSSR count). The van der Waals surface area contributed by atoms with Crippen LogP contribution in [0.4, 0.5) is 18.9 Å². The fraction of sp³-hybridized carbons (Fsp3) is 0.571. The van der Waals surface area contributed by atoms with Gasteiger partial charge in [0.2, 0.25) is 0 Å². The largest absolute Gasteiger partial charge is 0.408 e. The van der Waals surface area contributed by atoms with E-state index in [0.717, 1.165) is 26.2 Å². The molecule has 1 fully saturated rings. The summed E-state index contributed by atoms with van der Waals surface area (Å²) in [5, 5.41) is 11.0. The first kappa shape index (κ1) is 18.6. The third-order valence-corrected chi connectivity index (χ3v) is 4.48. The summed E-state index contributed by atoms with van der Waals surface area (Å²) in [4.78, 5) is 16.1. The predicted molar refractivity (Wildman–Crippen MR) is 88.2 cm³/mol. The van der Waals surface area contributed by atoms with Crippen molar-refractivity contribution in [3.63, 3.8) is 0 Å². The standard InChI is InChI=1S/C14H17ClF3N7O/c15-12-11(9-20-25(13(12)26)10-14(16,17)18)23-6-3-22(4-7-23)5-8-24-2-1-19-21-24/h1-2,9H,3-8,10H2. The molecule has 0 amide bonds. The molecule has 0 aliphatic carbocycles. The number of hydrogen-bond acceptors (Lipinski definition) is 6. The summed E-state index contributed by atoms with van der Waals surface area (Å²) in [5.41, 5.74) is -0.568. The second kappa shape index (κ2) is 7.62. The van der Waals surface area contributed by atoms with Gasteiger partial charge in [-0.15, -0.1) is 5.10 Å². The molecular weight excluding hydrogens is 375 g/mol. The zero-order chi connectivity index (χ0) is 18.7. The highest BCUT2D eigenvalue weighted by Gasteiger charge is 2.30. The Balaban J connectivity index is 1.60. The predicted octanol–water partition coefficient (Wildman–Crippen LogP) is 0.873. The number of aromatic nitrogens is 5. The Bertz CT molecular complexity index is 785. The smallest absolute Gasteiger partial charge is 0.366 e. The average Bonchev–Trinajstić information content (AvgIpc) is 3.10. The lowest BCUT2D eigenvalue weighted by atomic mass is 10.3. The number of piperazine rings is 1. The van der Waals surface area contributed by atoms with Crippen LogP contribution in [0.25, 0.3) is 0 Å². The van der Waals surface area contributed by atoms with E-state index in [0.29, 0.717) is 23.5 Å². The Morgan fingerprint density at radius 2 is 1.88 bits per heavy atom. The van der Waals surface area contributed by atoms with Crippen LogP contribution >= 0.6 is 11.6 Å². The number of nitrogens with zero attached hydrogens (tertiary/aromatic N) is 7. The van der Waals surface area contributed by atoms with Gasteiger partial charge in [0, 0.05) is 38.9 Å². The Morgan fingerprint density at radius 1 is 1.15 bits per heavy atom. The third-order valence-electron chi connectivity index (χ3n) is 4.13. The molecule has 0 aromatic carbocycles. The van der Waals surface area contributed by atoms with E-state index in [4.69, 9.17) is 11.6 Å². The van der Waals surface area contributed by atoms with Gasteiger partial charge in [0.05, 0.1) is 24.6 Å². The third kappa shape index (κ3) is 4.52. The summed E-state index contributed by atoms with van der Waals surface area (Å²) in [6.07, 6.45) is 0.101. The topological polar surface area (TPSA) is 72.1 Å². The van der Waals surface area contributed by atoms with Crippen molar-refractivity contribution < 1.29 is 13.2 Å². The zero-order valence-corrected chi connectivity index (χ0v) is 14.5. The molecule has 0 atom stereocenters. The first-order valence-electron chi connectivity index (χ1n) is 7.97. The maximum atomic E-state index is 12.5. The fourth-order valence-electron chi connectivity index (χ4n) is 2.77. The maximum Gasteiger partial charge on any atom is 0.408 e. The van der Waals surface area contributed by atoms with Gasteiger partial charge in [-0.05, 0) is 0 Å². The van der Waals surface area contributed by atoms with Crippen LogP contribution < -0.4 is 10.5 Å². The minimum Gasteiger partial charge on any atom is -0.366 e. The van der Waals surface area contributed by atoms with E-state index in [1.165, 1.54) is 6.20 Å². The molecule has 0 bridgehead atoms. The van der Waals surface area contributed by atoms with Crippen LogP contribution in [-0.2, 0) is 13.1 Å². The van der Waals surface area contributed by atoms with Crippen LogP contribution in [0, 0.1) is 0 Å². The highest BCUT2D eigenvalue weighted by molar-refractivity contribution is 6.33. The van der Waals surface area contributed by atoms with Crippen molar-refractivity contribution in [2.75, 3.05) is 37.6 Å². The molecule has 0 N–H and O–H groups in total. The second-order valence-electron chi connectivity index (χ2n) is 5.92. The van der Waals surface area contributed by atoms with E-state index >= 15 is 0 Å². The summed E-state index contributed by atoms with van der Waals surface area (Å²) in [7, 11) is 0. The molecule has 0 unspecified atom stereocenters. The summed E-state index contributed by atoms with van der Waals surface area (Å²) in [6.45, 7) is 2.73. The molecule has 3 heterocycles. The van der Waals surface area contributed by atoms with Gasteiger partial charge in [0.25, 0.3) is 5.56 Å². The Hall–Kier alpha value is -2.14. The molecule has 0 saturated carbocycles. The first-order valence-corrected chi connectivity index (χ1v) is 8.35. The Kier molecular flexibility index (Phi) is 5.47. The van der Waals surface area contributed by atoms with Crippen molar-refractivity contribution >= 4 is 17.3 Å². The van der Waals surface area contributed by atoms with Gasteiger partial charge in [0.15, 0.2) is 0 Å². The lowest BCUT2D eigenvalue weighted by Crippen LogP contribution is -2.48. The van der Waals surface area contributed by atoms with E-state index in [9.17, 15) is 18.0 Å². The van der Waals surface area contributed by atoms with Crippen LogP contribution in [0.2, 0.25) is 5.02 Å². The van der Waals surface area contributed by atoms with Crippen molar-refractivity contribution in [3.05, 3.63) is 34.0 Å². The fourth-order valence-corrected chi connectivity index (χ4v) is 3.03. The molecule has 2 aromatic rings. The van der Waals surface area contributed by atoms with Gasteiger partial charge in [-0.1, -0.05) is 16.8 Å². The Labute approximate surface area is 151 Å². The van der Waals surface area contributed by atoms with Crippen LogP contribution in [-0.4, -0.2) is 68.6 Å². The highest BCUT2D eigenvalue weighted by Crippen LogP contribution is 2.23. The minimum atomic E-state index is -4.53. The normalized spacial score (nSPS) is 16.2. The molecule has 0 radical (unpaired) electrons. The minimum absolute atomic E-state index is 0.236. The van der Waals surface area contributed by atoms with E-state index in [1.54, 1.807) is 17.1 Å². The Morgan fingerprint density at radius 3 is 2.50 bits per heavy atom. The van der Waals surface area contributed by atoms with Crippen molar-refractivity contribution in [2.24, 2.45) is 0 Å². The van der Waals surface area contributed by atoms with E-state index < -0.39 is 18.3 Å². The summed E-state index contributed by atoms with van der Waals surface area (Å²) in [5.74, 6) is 0. The summed E-state index contributed by atoms with van der Waals surface area (Å²) < 4.78 is 39.4. The van der Waals surface area contributed by atoms with Crippen LogP contribution in [0.15, 0.2) is 23.4 Å². The van der Waals surface area contributed by atoms with E-state index in [1.807, 2.05) is 4.90 Å². The van der Waals surface area contributed by atoms with Gasteiger partial charge in [0.1, 0.15) is 11.6 Å². The molecule has 2 aromatic heterocycles.